The average Bonchev–Trinajstić information content (AvgIpc) is 3.22. The SMILES string of the molecule is O=C(NCCCO)C(=O)NC[C@H](c1cccs1)N1CCc2ccccc2C1. The van der Waals surface area contributed by atoms with Crippen molar-refractivity contribution in [3.63, 3.8) is 0 Å². The third-order valence-electron chi connectivity index (χ3n) is 4.76. The maximum atomic E-state index is 12.1. The summed E-state index contributed by atoms with van der Waals surface area (Å²) in [6.45, 7) is 2.41. The molecule has 2 amide bonds. The first kappa shape index (κ1) is 19.5. The van der Waals surface area contributed by atoms with Crippen molar-refractivity contribution in [2.75, 3.05) is 26.2 Å². The molecule has 0 spiro atoms. The van der Waals surface area contributed by atoms with E-state index >= 15 is 0 Å². The van der Waals surface area contributed by atoms with Gasteiger partial charge in [-0.25, -0.2) is 0 Å². The third-order valence-corrected chi connectivity index (χ3v) is 5.73. The van der Waals surface area contributed by atoms with Crippen molar-refractivity contribution in [2.45, 2.75) is 25.4 Å². The number of thiophene rings is 1. The molecule has 0 aliphatic carbocycles. The van der Waals surface area contributed by atoms with E-state index in [0.717, 1.165) is 19.5 Å². The third kappa shape index (κ3) is 5.15. The van der Waals surface area contributed by atoms with E-state index in [-0.39, 0.29) is 12.6 Å². The van der Waals surface area contributed by atoms with Gasteiger partial charge in [0.1, 0.15) is 0 Å². The van der Waals surface area contributed by atoms with Crippen LogP contribution in [0.4, 0.5) is 0 Å². The van der Waals surface area contributed by atoms with Gasteiger partial charge < -0.3 is 15.7 Å². The summed E-state index contributed by atoms with van der Waals surface area (Å²) in [5.41, 5.74) is 2.70. The fourth-order valence-electron chi connectivity index (χ4n) is 3.30. The largest absolute Gasteiger partial charge is 0.396 e. The van der Waals surface area contributed by atoms with Gasteiger partial charge in [-0.15, -0.1) is 11.3 Å². The van der Waals surface area contributed by atoms with Crippen molar-refractivity contribution >= 4 is 23.2 Å². The highest BCUT2D eigenvalue weighted by Crippen LogP contribution is 2.29. The minimum atomic E-state index is -0.655. The number of aliphatic hydroxyl groups is 1. The Morgan fingerprint density at radius 3 is 2.63 bits per heavy atom. The Balaban J connectivity index is 1.63. The molecule has 27 heavy (non-hydrogen) atoms. The minimum absolute atomic E-state index is 0.0151. The van der Waals surface area contributed by atoms with Gasteiger partial charge in [0, 0.05) is 37.7 Å². The Morgan fingerprint density at radius 2 is 1.89 bits per heavy atom. The quantitative estimate of drug-likeness (QED) is 0.496. The first-order valence-electron chi connectivity index (χ1n) is 9.20. The number of benzene rings is 1. The van der Waals surface area contributed by atoms with Crippen LogP contribution in [0.5, 0.6) is 0 Å². The molecule has 1 atom stereocenters. The number of carbonyl (C=O) groups is 2. The Labute approximate surface area is 163 Å². The molecule has 7 heteroatoms. The molecule has 3 rings (SSSR count). The first-order chi connectivity index (χ1) is 13.2. The van der Waals surface area contributed by atoms with Gasteiger partial charge in [-0.2, -0.15) is 0 Å². The fraction of sp³-hybridized carbons (Fsp3) is 0.400. The van der Waals surface area contributed by atoms with Crippen LogP contribution in [0.1, 0.15) is 28.5 Å². The summed E-state index contributed by atoms with van der Waals surface area (Å²) in [5, 5.41) is 16.1. The van der Waals surface area contributed by atoms with Crippen LogP contribution in [-0.2, 0) is 22.6 Å². The van der Waals surface area contributed by atoms with Crippen molar-refractivity contribution < 1.29 is 14.7 Å². The topological polar surface area (TPSA) is 81.7 Å². The second-order valence-corrected chi connectivity index (χ2v) is 7.54. The van der Waals surface area contributed by atoms with Gasteiger partial charge in [-0.1, -0.05) is 30.3 Å². The number of aliphatic hydroxyl groups excluding tert-OH is 1. The molecule has 2 aromatic rings. The molecular weight excluding hydrogens is 362 g/mol. The molecule has 0 unspecified atom stereocenters. The number of nitrogens with zero attached hydrogens (tertiary/aromatic N) is 1. The molecule has 0 radical (unpaired) electrons. The Morgan fingerprint density at radius 1 is 1.11 bits per heavy atom. The van der Waals surface area contributed by atoms with Crippen molar-refractivity contribution in [3.05, 3.63) is 57.8 Å². The number of hydrogen-bond acceptors (Lipinski definition) is 5. The van der Waals surface area contributed by atoms with E-state index in [9.17, 15) is 9.59 Å². The van der Waals surface area contributed by atoms with Crippen LogP contribution in [0, 0.1) is 0 Å². The maximum absolute atomic E-state index is 12.1. The molecule has 3 N–H and O–H groups in total. The molecular formula is C20H25N3O3S. The van der Waals surface area contributed by atoms with Crippen LogP contribution in [0.15, 0.2) is 41.8 Å². The second kappa shape index (κ2) is 9.64. The Kier molecular flexibility index (Phi) is 6.98. The number of fused-ring (bicyclic) bond motifs is 1. The zero-order valence-corrected chi connectivity index (χ0v) is 16.0. The lowest BCUT2D eigenvalue weighted by Crippen LogP contribution is -2.45. The molecule has 2 heterocycles. The Bertz CT molecular complexity index is 764. The maximum Gasteiger partial charge on any atom is 0.309 e. The van der Waals surface area contributed by atoms with Gasteiger partial charge in [0.25, 0.3) is 0 Å². The van der Waals surface area contributed by atoms with E-state index in [4.69, 9.17) is 5.11 Å². The summed E-state index contributed by atoms with van der Waals surface area (Å²) < 4.78 is 0. The van der Waals surface area contributed by atoms with E-state index in [0.29, 0.717) is 19.5 Å². The van der Waals surface area contributed by atoms with Gasteiger partial charge >= 0.3 is 11.8 Å². The molecule has 0 fully saturated rings. The highest BCUT2D eigenvalue weighted by atomic mass is 32.1. The molecule has 0 saturated carbocycles. The van der Waals surface area contributed by atoms with Gasteiger partial charge in [0.05, 0.1) is 6.04 Å². The number of carbonyl (C=O) groups excluding carboxylic acids is 2. The lowest BCUT2D eigenvalue weighted by molar-refractivity contribution is -0.139. The fourth-order valence-corrected chi connectivity index (χ4v) is 4.17. The molecule has 0 saturated heterocycles. The average molecular weight is 388 g/mol. The van der Waals surface area contributed by atoms with Crippen LogP contribution < -0.4 is 10.6 Å². The van der Waals surface area contributed by atoms with Gasteiger partial charge in [0.2, 0.25) is 0 Å². The molecule has 1 aliphatic rings. The molecule has 0 bridgehead atoms. The summed E-state index contributed by atoms with van der Waals surface area (Å²) in [5.74, 6) is -1.29. The molecule has 1 aliphatic heterocycles. The number of hydrogen-bond donors (Lipinski definition) is 3. The first-order valence-corrected chi connectivity index (χ1v) is 10.1. The lowest BCUT2D eigenvalue weighted by atomic mass is 9.98. The number of rotatable bonds is 7. The van der Waals surface area contributed by atoms with E-state index in [1.54, 1.807) is 11.3 Å². The van der Waals surface area contributed by atoms with Crippen LogP contribution in [0.3, 0.4) is 0 Å². The predicted molar refractivity (Wildman–Crippen MR) is 105 cm³/mol. The summed E-state index contributed by atoms with van der Waals surface area (Å²) in [4.78, 5) is 27.5. The zero-order valence-electron chi connectivity index (χ0n) is 15.2. The van der Waals surface area contributed by atoms with Crippen molar-refractivity contribution in [2.24, 2.45) is 0 Å². The summed E-state index contributed by atoms with van der Waals surface area (Å²) in [6, 6.07) is 12.6. The second-order valence-electron chi connectivity index (χ2n) is 6.56. The van der Waals surface area contributed by atoms with Crippen molar-refractivity contribution in [3.8, 4) is 0 Å². The summed E-state index contributed by atoms with van der Waals surface area (Å²) >= 11 is 1.66. The molecule has 144 valence electrons. The van der Waals surface area contributed by atoms with Crippen LogP contribution in [0.2, 0.25) is 0 Å². The zero-order chi connectivity index (χ0) is 19.1. The molecule has 1 aromatic heterocycles. The van der Waals surface area contributed by atoms with E-state index < -0.39 is 11.8 Å². The van der Waals surface area contributed by atoms with Gasteiger partial charge in [-0.05, 0) is 35.4 Å². The van der Waals surface area contributed by atoms with E-state index in [1.807, 2.05) is 11.4 Å². The smallest absolute Gasteiger partial charge is 0.309 e. The molecule has 1 aromatic carbocycles. The monoisotopic (exact) mass is 387 g/mol. The number of amides is 2. The predicted octanol–water partition coefficient (Wildman–Crippen LogP) is 1.46. The Hall–Kier alpha value is -2.22. The van der Waals surface area contributed by atoms with Crippen LogP contribution in [-0.4, -0.2) is 48.1 Å². The standard InChI is InChI=1S/C20H25N3O3S/c24-11-4-9-21-19(25)20(26)22-13-17(18-7-3-12-27-18)23-10-8-15-5-1-2-6-16(15)14-23/h1-3,5-7,12,17,24H,4,8-11,13-14H2,(H,21,25)(H,22,26)/t17-/m1/s1. The van der Waals surface area contributed by atoms with Crippen molar-refractivity contribution in [1.82, 2.24) is 15.5 Å². The normalized spacial score (nSPS) is 15.0. The van der Waals surface area contributed by atoms with Crippen LogP contribution >= 0.6 is 11.3 Å². The number of nitrogens with one attached hydrogen (secondary N) is 2. The van der Waals surface area contributed by atoms with E-state index in [2.05, 4.69) is 45.9 Å². The highest BCUT2D eigenvalue weighted by Gasteiger charge is 2.26. The van der Waals surface area contributed by atoms with Gasteiger partial charge in [0.15, 0.2) is 0 Å². The molecule has 6 nitrogen and oxygen atoms in total. The highest BCUT2D eigenvalue weighted by molar-refractivity contribution is 7.10. The lowest BCUT2D eigenvalue weighted by Gasteiger charge is -2.35. The van der Waals surface area contributed by atoms with E-state index in [1.165, 1.54) is 16.0 Å². The summed E-state index contributed by atoms with van der Waals surface area (Å²) in [7, 11) is 0. The van der Waals surface area contributed by atoms with Gasteiger partial charge in [-0.3, -0.25) is 14.5 Å². The minimum Gasteiger partial charge on any atom is -0.396 e. The summed E-state index contributed by atoms with van der Waals surface area (Å²) in [6.07, 6.45) is 1.41. The van der Waals surface area contributed by atoms with Crippen LogP contribution in [0.25, 0.3) is 0 Å². The van der Waals surface area contributed by atoms with Crippen molar-refractivity contribution in [1.29, 1.82) is 0 Å².